The molecule has 0 unspecified atom stereocenters. The zero-order chi connectivity index (χ0) is 22.7. The number of amides is 1. The van der Waals surface area contributed by atoms with Crippen molar-refractivity contribution in [2.45, 2.75) is 31.7 Å². The molecule has 2 aliphatic heterocycles. The van der Waals surface area contributed by atoms with E-state index in [0.717, 1.165) is 24.8 Å². The van der Waals surface area contributed by atoms with Crippen molar-refractivity contribution >= 4 is 56.1 Å². The highest BCUT2D eigenvalue weighted by atomic mass is 32.2. The Morgan fingerprint density at radius 3 is 2.62 bits per heavy atom. The molecular formula is C23H23NO5S3. The first kappa shape index (κ1) is 22.9. The van der Waals surface area contributed by atoms with E-state index in [1.807, 2.05) is 6.08 Å². The zero-order valence-electron chi connectivity index (χ0n) is 17.3. The molecule has 0 spiro atoms. The van der Waals surface area contributed by atoms with E-state index in [1.165, 1.54) is 22.7 Å². The van der Waals surface area contributed by atoms with E-state index in [1.54, 1.807) is 30.3 Å². The maximum Gasteiger partial charge on any atom is 0.335 e. The standard InChI is InChI=1S/C23H23NO5S3/c25-21(11-8-16-4-2-1-3-5-16)29-19-9-6-17(7-10-19)14-20-22(26)24(23(30)31-20)18-12-13-32(27,28)15-18/h1-2,6-11,14,16,18H,3-5,12-13,15H2/b11-8+,20-14+/t16-,18+/m0/s1. The van der Waals surface area contributed by atoms with Crippen LogP contribution in [-0.4, -0.2) is 47.1 Å². The van der Waals surface area contributed by atoms with Crippen molar-refractivity contribution in [3.05, 3.63) is 59.0 Å². The van der Waals surface area contributed by atoms with Crippen molar-refractivity contribution < 1.29 is 22.7 Å². The lowest BCUT2D eigenvalue weighted by Gasteiger charge is -2.20. The number of thioether (sulfide) groups is 1. The molecule has 0 N–H and O–H groups in total. The van der Waals surface area contributed by atoms with Crippen LogP contribution in [0.3, 0.4) is 0 Å². The first-order valence-corrected chi connectivity index (χ1v) is 13.5. The van der Waals surface area contributed by atoms with E-state index in [0.29, 0.717) is 27.3 Å². The molecule has 0 radical (unpaired) electrons. The number of hydrogen-bond acceptors (Lipinski definition) is 7. The molecule has 2 saturated heterocycles. The lowest BCUT2D eigenvalue weighted by atomic mass is 9.94. The van der Waals surface area contributed by atoms with E-state index in [9.17, 15) is 18.0 Å². The average Bonchev–Trinajstić information content (AvgIpc) is 3.26. The van der Waals surface area contributed by atoms with Crippen LogP contribution < -0.4 is 4.74 Å². The van der Waals surface area contributed by atoms with Gasteiger partial charge in [-0.25, -0.2) is 13.2 Å². The van der Waals surface area contributed by atoms with Crippen LogP contribution in [0.15, 0.2) is 53.5 Å². The molecule has 0 bridgehead atoms. The highest BCUT2D eigenvalue weighted by molar-refractivity contribution is 8.26. The Bertz CT molecular complexity index is 1120. The number of nitrogens with zero attached hydrogens (tertiary/aromatic N) is 1. The highest BCUT2D eigenvalue weighted by Gasteiger charge is 2.42. The van der Waals surface area contributed by atoms with Crippen molar-refractivity contribution in [2.24, 2.45) is 5.92 Å². The minimum Gasteiger partial charge on any atom is -0.423 e. The molecule has 0 saturated carbocycles. The number of ether oxygens (including phenoxy) is 1. The Kier molecular flexibility index (Phi) is 6.97. The van der Waals surface area contributed by atoms with E-state index in [2.05, 4.69) is 12.2 Å². The van der Waals surface area contributed by atoms with E-state index < -0.39 is 21.8 Å². The van der Waals surface area contributed by atoms with Gasteiger partial charge >= 0.3 is 5.97 Å². The fourth-order valence-electron chi connectivity index (χ4n) is 3.91. The van der Waals surface area contributed by atoms with Gasteiger partial charge in [0.25, 0.3) is 5.91 Å². The Labute approximate surface area is 197 Å². The fourth-order valence-corrected chi connectivity index (χ4v) is 7.01. The second-order valence-electron chi connectivity index (χ2n) is 8.00. The molecule has 2 atom stereocenters. The van der Waals surface area contributed by atoms with Crippen LogP contribution in [0, 0.1) is 5.92 Å². The number of benzene rings is 1. The molecule has 2 fully saturated rings. The van der Waals surface area contributed by atoms with Crippen LogP contribution in [0.4, 0.5) is 0 Å². The molecule has 1 aliphatic carbocycles. The third-order valence-electron chi connectivity index (χ3n) is 5.61. The van der Waals surface area contributed by atoms with Crippen molar-refractivity contribution in [3.8, 4) is 5.75 Å². The van der Waals surface area contributed by atoms with Gasteiger partial charge in [0.15, 0.2) is 9.84 Å². The number of esters is 1. The minimum absolute atomic E-state index is 0.0430. The number of thiocarbonyl (C=S) groups is 1. The molecule has 1 aromatic carbocycles. The minimum atomic E-state index is -3.11. The van der Waals surface area contributed by atoms with Gasteiger partial charge in [-0.05, 0) is 55.4 Å². The smallest absolute Gasteiger partial charge is 0.335 e. The van der Waals surface area contributed by atoms with E-state index in [4.69, 9.17) is 17.0 Å². The third-order valence-corrected chi connectivity index (χ3v) is 8.69. The summed E-state index contributed by atoms with van der Waals surface area (Å²) in [5, 5.41) is 0. The van der Waals surface area contributed by atoms with E-state index in [-0.39, 0.29) is 17.4 Å². The van der Waals surface area contributed by atoms with Crippen LogP contribution in [0.2, 0.25) is 0 Å². The van der Waals surface area contributed by atoms with Gasteiger partial charge in [-0.2, -0.15) is 0 Å². The zero-order valence-corrected chi connectivity index (χ0v) is 19.8. The molecule has 0 aromatic heterocycles. The lowest BCUT2D eigenvalue weighted by molar-refractivity contribution is -0.129. The molecule has 2 heterocycles. The van der Waals surface area contributed by atoms with Crippen LogP contribution in [0.25, 0.3) is 6.08 Å². The largest absolute Gasteiger partial charge is 0.423 e. The van der Waals surface area contributed by atoms with Crippen LogP contribution >= 0.6 is 24.0 Å². The summed E-state index contributed by atoms with van der Waals surface area (Å²) in [6, 6.07) is 6.46. The molecule has 9 heteroatoms. The summed E-state index contributed by atoms with van der Waals surface area (Å²) in [5.41, 5.74) is 0.758. The maximum atomic E-state index is 12.8. The summed E-state index contributed by atoms with van der Waals surface area (Å²) < 4.78 is 29.3. The predicted molar refractivity (Wildman–Crippen MR) is 130 cm³/mol. The van der Waals surface area contributed by atoms with Gasteiger partial charge in [-0.3, -0.25) is 9.69 Å². The number of carbonyl (C=O) groups is 2. The summed E-state index contributed by atoms with van der Waals surface area (Å²) in [5.74, 6) is 0.154. The predicted octanol–water partition coefficient (Wildman–Crippen LogP) is 3.89. The third kappa shape index (κ3) is 5.57. The van der Waals surface area contributed by atoms with Gasteiger partial charge in [0.05, 0.1) is 22.5 Å². The number of carbonyl (C=O) groups excluding carboxylic acids is 2. The fraction of sp³-hybridized carbons (Fsp3) is 0.348. The number of sulfone groups is 1. The Hall–Kier alpha value is -2.23. The van der Waals surface area contributed by atoms with Crippen molar-refractivity contribution in [1.29, 1.82) is 0 Å². The Morgan fingerprint density at radius 2 is 1.97 bits per heavy atom. The highest BCUT2D eigenvalue weighted by Crippen LogP contribution is 2.36. The quantitative estimate of drug-likeness (QED) is 0.204. The number of rotatable bonds is 5. The Balaban J connectivity index is 1.37. The van der Waals surface area contributed by atoms with Crippen molar-refractivity contribution in [2.75, 3.05) is 11.5 Å². The summed E-state index contributed by atoms with van der Waals surface area (Å²) in [7, 11) is -3.11. The van der Waals surface area contributed by atoms with E-state index >= 15 is 0 Å². The van der Waals surface area contributed by atoms with Crippen LogP contribution in [-0.2, 0) is 19.4 Å². The second kappa shape index (κ2) is 9.72. The molecule has 1 aromatic rings. The normalized spacial score (nSPS) is 26.4. The SMILES string of the molecule is O=C(/C=C/[C@H]1CC=CCC1)Oc1ccc(/C=C2/SC(=S)N([C@@H]3CCS(=O)(=O)C3)C2=O)cc1. The molecule has 32 heavy (non-hydrogen) atoms. The number of hydrogen-bond donors (Lipinski definition) is 0. The summed E-state index contributed by atoms with van der Waals surface area (Å²) in [6.07, 6.45) is 12.8. The molecule has 4 rings (SSSR count). The molecule has 6 nitrogen and oxygen atoms in total. The summed E-state index contributed by atoms with van der Waals surface area (Å²) in [4.78, 5) is 26.7. The first-order chi connectivity index (χ1) is 15.3. The van der Waals surface area contributed by atoms with Crippen molar-refractivity contribution in [3.63, 3.8) is 0 Å². The maximum absolute atomic E-state index is 12.8. The van der Waals surface area contributed by atoms with Crippen LogP contribution in [0.1, 0.15) is 31.2 Å². The van der Waals surface area contributed by atoms with Gasteiger partial charge in [0.2, 0.25) is 0 Å². The second-order valence-corrected chi connectivity index (χ2v) is 11.9. The molecule has 168 valence electrons. The van der Waals surface area contributed by atoms with Gasteiger partial charge in [0.1, 0.15) is 10.1 Å². The summed E-state index contributed by atoms with van der Waals surface area (Å²) >= 11 is 6.50. The van der Waals surface area contributed by atoms with Crippen LogP contribution in [0.5, 0.6) is 5.75 Å². The summed E-state index contributed by atoms with van der Waals surface area (Å²) in [6.45, 7) is 0. The lowest BCUT2D eigenvalue weighted by Crippen LogP contribution is -2.39. The first-order valence-electron chi connectivity index (χ1n) is 10.4. The molecular weight excluding hydrogens is 466 g/mol. The van der Waals surface area contributed by atoms with Gasteiger partial charge < -0.3 is 4.74 Å². The molecule has 1 amide bonds. The van der Waals surface area contributed by atoms with Crippen molar-refractivity contribution in [1.82, 2.24) is 4.90 Å². The Morgan fingerprint density at radius 1 is 1.19 bits per heavy atom. The topological polar surface area (TPSA) is 80.8 Å². The van der Waals surface area contributed by atoms with Gasteiger partial charge in [-0.15, -0.1) is 0 Å². The van der Waals surface area contributed by atoms with Gasteiger partial charge in [-0.1, -0.05) is 54.3 Å². The monoisotopic (exact) mass is 489 g/mol. The van der Waals surface area contributed by atoms with Gasteiger partial charge in [0, 0.05) is 6.08 Å². The number of allylic oxidation sites excluding steroid dienone is 3. The average molecular weight is 490 g/mol. The molecule has 3 aliphatic rings.